The number of hydrogen-bond donors (Lipinski definition) is 1. The zero-order valence-electron chi connectivity index (χ0n) is 9.17. The molecule has 0 radical (unpaired) electrons. The number of para-hydroxylation sites is 1. The Labute approximate surface area is 93.6 Å². The Morgan fingerprint density at radius 2 is 2.12 bits per heavy atom. The topological polar surface area (TPSA) is 21.3 Å². The maximum Gasteiger partial charge on any atom is 0.267 e. The van der Waals surface area contributed by atoms with E-state index in [9.17, 15) is 8.78 Å². The zero-order chi connectivity index (χ0) is 11.6. The number of benzene rings is 1. The van der Waals surface area contributed by atoms with Gasteiger partial charge in [0, 0.05) is 5.56 Å². The molecule has 1 heterocycles. The number of ether oxygens (including phenoxy) is 1. The van der Waals surface area contributed by atoms with Crippen LogP contribution < -0.4 is 10.1 Å². The second-order valence-electron chi connectivity index (χ2n) is 4.02. The molecule has 4 heteroatoms. The first kappa shape index (κ1) is 11.3. The van der Waals surface area contributed by atoms with Crippen LogP contribution in [0.3, 0.4) is 0 Å². The molecule has 2 rings (SSSR count). The van der Waals surface area contributed by atoms with Crippen molar-refractivity contribution in [2.45, 2.75) is 18.3 Å². The summed E-state index contributed by atoms with van der Waals surface area (Å²) in [6, 6.07) is 7.02. The number of halogens is 2. The summed E-state index contributed by atoms with van der Waals surface area (Å²) in [7, 11) is 1.51. The summed E-state index contributed by atoms with van der Waals surface area (Å²) in [6.07, 6.45) is 0.438. The minimum Gasteiger partial charge on any atom is -0.496 e. The summed E-state index contributed by atoms with van der Waals surface area (Å²) in [5.74, 6) is -2.90. The Morgan fingerprint density at radius 3 is 2.81 bits per heavy atom. The summed E-state index contributed by atoms with van der Waals surface area (Å²) in [5, 5.41) is 2.72. The monoisotopic (exact) mass is 227 g/mol. The fraction of sp³-hybridized carbons (Fsp3) is 0.500. The van der Waals surface area contributed by atoms with Gasteiger partial charge in [0.05, 0.1) is 19.6 Å². The van der Waals surface area contributed by atoms with E-state index in [1.54, 1.807) is 24.3 Å². The predicted molar refractivity (Wildman–Crippen MR) is 58.2 cm³/mol. The van der Waals surface area contributed by atoms with Gasteiger partial charge in [-0.15, -0.1) is 0 Å². The minimum absolute atomic E-state index is 0.254. The van der Waals surface area contributed by atoms with Gasteiger partial charge in [-0.25, -0.2) is 8.78 Å². The number of alkyl halides is 2. The molecule has 2 nitrogen and oxygen atoms in total. The lowest BCUT2D eigenvalue weighted by Crippen LogP contribution is -2.44. The average Bonchev–Trinajstić information content (AvgIpc) is 2.28. The van der Waals surface area contributed by atoms with Crippen LogP contribution in [0.25, 0.3) is 0 Å². The highest BCUT2D eigenvalue weighted by Crippen LogP contribution is 2.41. The first-order chi connectivity index (χ1) is 7.65. The number of piperidine rings is 1. The van der Waals surface area contributed by atoms with Crippen LogP contribution in [0.5, 0.6) is 5.75 Å². The van der Waals surface area contributed by atoms with Gasteiger partial charge in [-0.05, 0) is 19.0 Å². The molecule has 0 spiro atoms. The molecule has 1 aliphatic rings. The smallest absolute Gasteiger partial charge is 0.267 e. The highest BCUT2D eigenvalue weighted by Gasteiger charge is 2.43. The summed E-state index contributed by atoms with van der Waals surface area (Å²) in [4.78, 5) is 0. The van der Waals surface area contributed by atoms with Crippen LogP contribution in [0.4, 0.5) is 8.78 Å². The third kappa shape index (κ3) is 2.02. The second-order valence-corrected chi connectivity index (χ2v) is 4.02. The molecule has 1 atom stereocenters. The molecule has 1 N–H and O–H groups in total. The number of rotatable bonds is 2. The quantitative estimate of drug-likeness (QED) is 0.837. The number of methoxy groups -OCH3 is 1. The van der Waals surface area contributed by atoms with Gasteiger partial charge in [-0.3, -0.25) is 0 Å². The lowest BCUT2D eigenvalue weighted by molar-refractivity contribution is -0.0425. The van der Waals surface area contributed by atoms with Crippen LogP contribution in [0.1, 0.15) is 17.9 Å². The van der Waals surface area contributed by atoms with Crippen LogP contribution in [0.2, 0.25) is 0 Å². The maximum absolute atomic E-state index is 13.8. The van der Waals surface area contributed by atoms with Crippen LogP contribution in [0.15, 0.2) is 24.3 Å². The van der Waals surface area contributed by atoms with Gasteiger partial charge >= 0.3 is 0 Å². The lowest BCUT2D eigenvalue weighted by Gasteiger charge is -2.32. The van der Waals surface area contributed by atoms with Crippen molar-refractivity contribution in [3.8, 4) is 5.75 Å². The molecule has 0 bridgehead atoms. The van der Waals surface area contributed by atoms with E-state index in [1.807, 2.05) is 0 Å². The van der Waals surface area contributed by atoms with Gasteiger partial charge in [0.1, 0.15) is 5.75 Å². The fourth-order valence-electron chi connectivity index (χ4n) is 2.17. The van der Waals surface area contributed by atoms with Gasteiger partial charge in [0.2, 0.25) is 0 Å². The minimum atomic E-state index is -2.70. The molecule has 1 aromatic carbocycles. The van der Waals surface area contributed by atoms with Crippen LogP contribution in [-0.4, -0.2) is 26.1 Å². The highest BCUT2D eigenvalue weighted by molar-refractivity contribution is 5.37. The average molecular weight is 227 g/mol. The van der Waals surface area contributed by atoms with Crippen LogP contribution >= 0.6 is 0 Å². The molecule has 1 aromatic rings. The standard InChI is InChI=1S/C12H15F2NO/c1-16-11-5-3-2-4-9(11)10-6-7-15-8-12(10,13)14/h2-5,10,15H,6-8H2,1H3. The largest absolute Gasteiger partial charge is 0.496 e. The Kier molecular flexibility index (Phi) is 3.10. The second kappa shape index (κ2) is 4.37. The van der Waals surface area contributed by atoms with Gasteiger partial charge in [-0.1, -0.05) is 18.2 Å². The summed E-state index contributed by atoms with van der Waals surface area (Å²) in [5.41, 5.74) is 0.608. The highest BCUT2D eigenvalue weighted by atomic mass is 19.3. The molecule has 88 valence electrons. The van der Waals surface area contributed by atoms with Crippen LogP contribution in [-0.2, 0) is 0 Å². The SMILES string of the molecule is COc1ccccc1C1CCNCC1(F)F. The molecule has 16 heavy (non-hydrogen) atoms. The van der Waals surface area contributed by atoms with Crippen molar-refractivity contribution in [3.63, 3.8) is 0 Å². The molecule has 1 saturated heterocycles. The Hall–Kier alpha value is -1.16. The third-order valence-electron chi connectivity index (χ3n) is 2.99. The molecular weight excluding hydrogens is 212 g/mol. The number of nitrogens with one attached hydrogen (secondary N) is 1. The first-order valence-corrected chi connectivity index (χ1v) is 5.36. The van der Waals surface area contributed by atoms with Gasteiger partial charge in [-0.2, -0.15) is 0 Å². The first-order valence-electron chi connectivity index (χ1n) is 5.36. The molecule has 1 unspecified atom stereocenters. The van der Waals surface area contributed by atoms with E-state index < -0.39 is 11.8 Å². The molecule has 0 saturated carbocycles. The Bertz CT molecular complexity index is 368. The molecule has 0 amide bonds. The van der Waals surface area contributed by atoms with Crippen molar-refractivity contribution in [3.05, 3.63) is 29.8 Å². The zero-order valence-corrected chi connectivity index (χ0v) is 9.17. The normalized spacial score (nSPS) is 24.1. The van der Waals surface area contributed by atoms with E-state index in [1.165, 1.54) is 7.11 Å². The van der Waals surface area contributed by atoms with Gasteiger partial charge < -0.3 is 10.1 Å². The summed E-state index contributed by atoms with van der Waals surface area (Å²) < 4.78 is 32.6. The van der Waals surface area contributed by atoms with E-state index >= 15 is 0 Å². The molecular formula is C12H15F2NO. The number of hydrogen-bond acceptors (Lipinski definition) is 2. The third-order valence-corrected chi connectivity index (χ3v) is 2.99. The fourth-order valence-corrected chi connectivity index (χ4v) is 2.17. The van der Waals surface area contributed by atoms with E-state index in [-0.39, 0.29) is 6.54 Å². The molecule has 0 aliphatic carbocycles. The predicted octanol–water partition coefficient (Wildman–Crippen LogP) is 2.41. The van der Waals surface area contributed by atoms with Crippen molar-refractivity contribution >= 4 is 0 Å². The Morgan fingerprint density at radius 1 is 1.38 bits per heavy atom. The van der Waals surface area contributed by atoms with E-state index in [2.05, 4.69) is 5.32 Å². The Balaban J connectivity index is 2.34. The molecule has 0 aromatic heterocycles. The molecule has 1 fully saturated rings. The maximum atomic E-state index is 13.8. The molecule has 1 aliphatic heterocycles. The summed E-state index contributed by atoms with van der Waals surface area (Å²) >= 11 is 0. The van der Waals surface area contributed by atoms with E-state index in [0.29, 0.717) is 24.3 Å². The van der Waals surface area contributed by atoms with E-state index in [0.717, 1.165) is 0 Å². The van der Waals surface area contributed by atoms with Crippen molar-refractivity contribution in [1.82, 2.24) is 5.32 Å². The lowest BCUT2D eigenvalue weighted by atomic mass is 9.86. The van der Waals surface area contributed by atoms with E-state index in [4.69, 9.17) is 4.74 Å². The van der Waals surface area contributed by atoms with Crippen molar-refractivity contribution < 1.29 is 13.5 Å². The van der Waals surface area contributed by atoms with Gasteiger partial charge in [0.25, 0.3) is 5.92 Å². The summed E-state index contributed by atoms with van der Waals surface area (Å²) in [6.45, 7) is 0.369. The van der Waals surface area contributed by atoms with Crippen molar-refractivity contribution in [2.75, 3.05) is 20.2 Å². The van der Waals surface area contributed by atoms with Crippen molar-refractivity contribution in [1.29, 1.82) is 0 Å². The van der Waals surface area contributed by atoms with Gasteiger partial charge in [0.15, 0.2) is 0 Å². The van der Waals surface area contributed by atoms with Crippen LogP contribution in [0, 0.1) is 0 Å². The van der Waals surface area contributed by atoms with Crippen molar-refractivity contribution in [2.24, 2.45) is 0 Å².